The molecular formula is C17H25N3O2. The maximum absolute atomic E-state index is 11.8. The van der Waals surface area contributed by atoms with Gasteiger partial charge in [-0.2, -0.15) is 5.26 Å². The number of carbonyl (C=O) groups excluding carboxylic acids is 1. The van der Waals surface area contributed by atoms with E-state index in [2.05, 4.69) is 16.7 Å². The third-order valence-electron chi connectivity index (χ3n) is 2.86. The van der Waals surface area contributed by atoms with Gasteiger partial charge < -0.3 is 15.4 Å². The van der Waals surface area contributed by atoms with Gasteiger partial charge in [0.15, 0.2) is 0 Å². The molecule has 1 rings (SSSR count). The minimum absolute atomic E-state index is 0.434. The first kappa shape index (κ1) is 18.0. The van der Waals surface area contributed by atoms with Crippen LogP contribution in [0, 0.1) is 11.3 Å². The Morgan fingerprint density at radius 3 is 2.45 bits per heavy atom. The lowest BCUT2D eigenvalue weighted by molar-refractivity contribution is 0.0472. The molecule has 0 fully saturated rings. The minimum atomic E-state index is -0.515. The maximum Gasteiger partial charge on any atom is 0.408 e. The normalized spacial score (nSPS) is 11.6. The van der Waals surface area contributed by atoms with Crippen LogP contribution < -0.4 is 10.6 Å². The van der Waals surface area contributed by atoms with E-state index >= 15 is 0 Å². The average molecular weight is 303 g/mol. The fraction of sp³-hybridized carbons (Fsp3) is 0.529. The molecule has 0 aliphatic heterocycles. The van der Waals surface area contributed by atoms with Gasteiger partial charge in [-0.15, -0.1) is 0 Å². The lowest BCUT2D eigenvalue weighted by Crippen LogP contribution is -2.51. The second-order valence-electron chi connectivity index (χ2n) is 6.88. The van der Waals surface area contributed by atoms with Crippen molar-refractivity contribution in [3.05, 3.63) is 35.4 Å². The van der Waals surface area contributed by atoms with Gasteiger partial charge in [-0.1, -0.05) is 18.2 Å². The molecule has 0 aromatic heterocycles. The first-order valence-corrected chi connectivity index (χ1v) is 7.33. The molecule has 0 aliphatic rings. The summed E-state index contributed by atoms with van der Waals surface area (Å²) in [4.78, 5) is 11.8. The van der Waals surface area contributed by atoms with E-state index in [0.29, 0.717) is 18.7 Å². The SMILES string of the molecule is CC(C)(CNCc1ccccc1C#N)NC(=O)OC(C)(C)C. The summed E-state index contributed by atoms with van der Waals surface area (Å²) in [6.45, 7) is 10.5. The van der Waals surface area contributed by atoms with Crippen LogP contribution in [0.3, 0.4) is 0 Å². The number of nitrogens with zero attached hydrogens (tertiary/aromatic N) is 1. The van der Waals surface area contributed by atoms with Crippen LogP contribution in [0.1, 0.15) is 45.7 Å². The van der Waals surface area contributed by atoms with Crippen molar-refractivity contribution in [1.29, 1.82) is 5.26 Å². The molecule has 0 saturated carbocycles. The van der Waals surface area contributed by atoms with Gasteiger partial charge in [0.2, 0.25) is 0 Å². The number of hydrogen-bond donors (Lipinski definition) is 2. The smallest absolute Gasteiger partial charge is 0.408 e. The molecule has 0 atom stereocenters. The van der Waals surface area contributed by atoms with Crippen LogP contribution in [0.4, 0.5) is 4.79 Å². The van der Waals surface area contributed by atoms with Crippen molar-refractivity contribution < 1.29 is 9.53 Å². The highest BCUT2D eigenvalue weighted by Crippen LogP contribution is 2.10. The van der Waals surface area contributed by atoms with E-state index in [1.54, 1.807) is 6.07 Å². The third-order valence-corrected chi connectivity index (χ3v) is 2.86. The van der Waals surface area contributed by atoms with Gasteiger partial charge in [0, 0.05) is 13.1 Å². The highest BCUT2D eigenvalue weighted by atomic mass is 16.6. The van der Waals surface area contributed by atoms with Crippen LogP contribution in [-0.2, 0) is 11.3 Å². The summed E-state index contributed by atoms with van der Waals surface area (Å²) in [5, 5.41) is 15.2. The van der Waals surface area contributed by atoms with E-state index in [9.17, 15) is 4.79 Å². The summed E-state index contributed by atoms with van der Waals surface area (Å²) in [7, 11) is 0. The molecule has 5 heteroatoms. The number of nitrogens with one attached hydrogen (secondary N) is 2. The summed E-state index contributed by atoms with van der Waals surface area (Å²) >= 11 is 0. The average Bonchev–Trinajstić information content (AvgIpc) is 2.35. The highest BCUT2D eigenvalue weighted by Gasteiger charge is 2.24. The Hall–Kier alpha value is -2.06. The lowest BCUT2D eigenvalue weighted by atomic mass is 10.1. The number of carbonyl (C=O) groups is 1. The molecule has 0 heterocycles. The van der Waals surface area contributed by atoms with Crippen molar-refractivity contribution in [3.8, 4) is 6.07 Å². The predicted octanol–water partition coefficient (Wildman–Crippen LogP) is 2.95. The monoisotopic (exact) mass is 303 g/mol. The van der Waals surface area contributed by atoms with Gasteiger partial charge in [0.1, 0.15) is 5.60 Å². The molecule has 0 aliphatic carbocycles. The van der Waals surface area contributed by atoms with Crippen LogP contribution in [0.25, 0.3) is 0 Å². The Morgan fingerprint density at radius 1 is 1.23 bits per heavy atom. The fourth-order valence-corrected chi connectivity index (χ4v) is 1.92. The number of benzene rings is 1. The number of rotatable bonds is 5. The van der Waals surface area contributed by atoms with Crippen molar-refractivity contribution in [2.45, 2.75) is 52.3 Å². The predicted molar refractivity (Wildman–Crippen MR) is 86.3 cm³/mol. The van der Waals surface area contributed by atoms with Crippen molar-refractivity contribution >= 4 is 6.09 Å². The Balaban J connectivity index is 2.49. The van der Waals surface area contributed by atoms with Gasteiger partial charge in [-0.25, -0.2) is 4.79 Å². The molecule has 22 heavy (non-hydrogen) atoms. The molecule has 0 spiro atoms. The van der Waals surface area contributed by atoms with Crippen LogP contribution in [0.2, 0.25) is 0 Å². The molecule has 1 aromatic carbocycles. The standard InChI is InChI=1S/C17H25N3O2/c1-16(2,3)22-15(21)20-17(4,5)12-19-11-14-9-7-6-8-13(14)10-18/h6-9,19H,11-12H2,1-5H3,(H,20,21). The summed E-state index contributed by atoms with van der Waals surface area (Å²) < 4.78 is 5.25. The van der Waals surface area contributed by atoms with Crippen LogP contribution >= 0.6 is 0 Å². The molecule has 120 valence electrons. The van der Waals surface area contributed by atoms with Gasteiger partial charge in [-0.05, 0) is 46.2 Å². The molecule has 0 bridgehead atoms. The zero-order chi connectivity index (χ0) is 16.8. The van der Waals surface area contributed by atoms with E-state index in [1.807, 2.05) is 52.8 Å². The first-order valence-electron chi connectivity index (χ1n) is 7.33. The van der Waals surface area contributed by atoms with E-state index in [4.69, 9.17) is 10.00 Å². The summed E-state index contributed by atoms with van der Waals surface area (Å²) in [5.74, 6) is 0. The Labute approximate surface area is 132 Å². The number of ether oxygens (including phenoxy) is 1. The lowest BCUT2D eigenvalue weighted by Gasteiger charge is -2.29. The van der Waals surface area contributed by atoms with E-state index in [-0.39, 0.29) is 0 Å². The van der Waals surface area contributed by atoms with E-state index in [0.717, 1.165) is 5.56 Å². The second-order valence-corrected chi connectivity index (χ2v) is 6.88. The van der Waals surface area contributed by atoms with Gasteiger partial charge >= 0.3 is 6.09 Å². The topological polar surface area (TPSA) is 74.2 Å². The number of amides is 1. The van der Waals surface area contributed by atoms with Gasteiger partial charge in [-0.3, -0.25) is 0 Å². The Bertz CT molecular complexity index is 554. The highest BCUT2D eigenvalue weighted by molar-refractivity contribution is 5.68. The zero-order valence-corrected chi connectivity index (χ0v) is 14.0. The summed E-state index contributed by atoms with van der Waals surface area (Å²) in [5.41, 5.74) is 0.634. The number of hydrogen-bond acceptors (Lipinski definition) is 4. The summed E-state index contributed by atoms with van der Waals surface area (Å²) in [6, 6.07) is 9.63. The molecule has 1 aromatic rings. The van der Waals surface area contributed by atoms with E-state index < -0.39 is 17.2 Å². The number of alkyl carbamates (subject to hydrolysis) is 1. The third kappa shape index (κ3) is 6.59. The van der Waals surface area contributed by atoms with Crippen molar-refractivity contribution in [2.24, 2.45) is 0 Å². The number of nitriles is 1. The molecule has 0 saturated heterocycles. The van der Waals surface area contributed by atoms with Crippen LogP contribution in [0.15, 0.2) is 24.3 Å². The molecule has 2 N–H and O–H groups in total. The Morgan fingerprint density at radius 2 is 1.86 bits per heavy atom. The molecular weight excluding hydrogens is 278 g/mol. The van der Waals surface area contributed by atoms with Crippen molar-refractivity contribution in [1.82, 2.24) is 10.6 Å². The van der Waals surface area contributed by atoms with E-state index in [1.165, 1.54) is 0 Å². The fourth-order valence-electron chi connectivity index (χ4n) is 1.92. The van der Waals surface area contributed by atoms with Gasteiger partial charge in [0.05, 0.1) is 17.2 Å². The first-order chi connectivity index (χ1) is 10.1. The molecule has 0 radical (unpaired) electrons. The zero-order valence-electron chi connectivity index (χ0n) is 14.0. The van der Waals surface area contributed by atoms with Crippen molar-refractivity contribution in [2.75, 3.05) is 6.54 Å². The largest absolute Gasteiger partial charge is 0.444 e. The Kier molecular flexibility index (Phi) is 5.95. The van der Waals surface area contributed by atoms with Crippen molar-refractivity contribution in [3.63, 3.8) is 0 Å². The van der Waals surface area contributed by atoms with Gasteiger partial charge in [0.25, 0.3) is 0 Å². The maximum atomic E-state index is 11.8. The van der Waals surface area contributed by atoms with Crippen LogP contribution in [0.5, 0.6) is 0 Å². The molecule has 5 nitrogen and oxygen atoms in total. The quantitative estimate of drug-likeness (QED) is 0.877. The molecule has 0 unspecified atom stereocenters. The minimum Gasteiger partial charge on any atom is -0.444 e. The molecule has 1 amide bonds. The second kappa shape index (κ2) is 7.28. The van der Waals surface area contributed by atoms with Crippen LogP contribution in [-0.4, -0.2) is 23.8 Å². The summed E-state index contributed by atoms with van der Waals surface area (Å²) in [6.07, 6.45) is -0.434.